The fourth-order valence-corrected chi connectivity index (χ4v) is 4.51. The van der Waals surface area contributed by atoms with Crippen LogP contribution in [0.1, 0.15) is 29.8 Å². The first-order valence-corrected chi connectivity index (χ1v) is 11.2. The van der Waals surface area contributed by atoms with Crippen molar-refractivity contribution in [3.63, 3.8) is 0 Å². The quantitative estimate of drug-likeness (QED) is 0.684. The minimum Gasteiger partial charge on any atom is -0.463 e. The average Bonchev–Trinajstić information content (AvgIpc) is 3.47. The molecule has 1 atom stereocenters. The molecule has 0 radical (unpaired) electrons. The maximum Gasteiger partial charge on any atom is 0.272 e. The Hall–Kier alpha value is -3.39. The predicted octanol–water partition coefficient (Wildman–Crippen LogP) is 2.56. The molecule has 2 saturated heterocycles. The highest BCUT2D eigenvalue weighted by molar-refractivity contribution is 5.94. The third kappa shape index (κ3) is 4.05. The van der Waals surface area contributed by atoms with E-state index in [1.54, 1.807) is 23.1 Å². The smallest absolute Gasteiger partial charge is 0.272 e. The van der Waals surface area contributed by atoms with E-state index < -0.39 is 0 Å². The molecular formula is C24H27N5O3. The molecule has 0 bridgehead atoms. The first-order valence-electron chi connectivity index (χ1n) is 11.2. The Balaban J connectivity index is 1.36. The number of rotatable bonds is 4. The molecule has 8 nitrogen and oxygen atoms in total. The van der Waals surface area contributed by atoms with E-state index in [0.717, 1.165) is 31.5 Å². The summed E-state index contributed by atoms with van der Waals surface area (Å²) in [6.45, 7) is 3.30. The molecule has 1 aromatic carbocycles. The van der Waals surface area contributed by atoms with Crippen molar-refractivity contribution in [2.45, 2.75) is 25.3 Å². The van der Waals surface area contributed by atoms with Gasteiger partial charge in [0.2, 0.25) is 5.91 Å². The van der Waals surface area contributed by atoms with Crippen molar-refractivity contribution in [3.05, 3.63) is 60.5 Å². The van der Waals surface area contributed by atoms with Gasteiger partial charge in [0.15, 0.2) is 5.76 Å². The normalized spacial score (nSPS) is 20.1. The molecular weight excluding hydrogens is 406 g/mol. The van der Waals surface area contributed by atoms with Gasteiger partial charge < -0.3 is 14.6 Å². The molecule has 1 unspecified atom stereocenters. The Morgan fingerprint density at radius 3 is 2.59 bits per heavy atom. The number of para-hydroxylation sites is 1. The molecule has 0 saturated carbocycles. The minimum atomic E-state index is -0.0878. The second-order valence-electron chi connectivity index (χ2n) is 8.27. The summed E-state index contributed by atoms with van der Waals surface area (Å²) in [5.74, 6) is 0.676. The number of carbonyl (C=O) groups excluding carboxylic acids is 2. The fourth-order valence-electron chi connectivity index (χ4n) is 4.51. The van der Waals surface area contributed by atoms with Crippen LogP contribution in [0.4, 0.5) is 0 Å². The van der Waals surface area contributed by atoms with Crippen LogP contribution in [0.5, 0.6) is 0 Å². The monoisotopic (exact) mass is 433 g/mol. The lowest BCUT2D eigenvalue weighted by Crippen LogP contribution is -2.55. The number of carbonyl (C=O) groups is 2. The van der Waals surface area contributed by atoms with Crippen LogP contribution in [-0.4, -0.2) is 70.2 Å². The Bertz CT molecular complexity index is 1070. The van der Waals surface area contributed by atoms with E-state index in [0.29, 0.717) is 43.3 Å². The van der Waals surface area contributed by atoms with Gasteiger partial charge in [0.1, 0.15) is 11.4 Å². The maximum absolute atomic E-state index is 13.5. The molecule has 2 aliphatic heterocycles. The minimum absolute atomic E-state index is 0.0656. The molecule has 166 valence electrons. The van der Waals surface area contributed by atoms with Crippen molar-refractivity contribution < 1.29 is 14.0 Å². The molecule has 0 spiro atoms. The summed E-state index contributed by atoms with van der Waals surface area (Å²) in [6, 6.07) is 15.0. The van der Waals surface area contributed by atoms with Gasteiger partial charge in [0.25, 0.3) is 5.91 Å². The summed E-state index contributed by atoms with van der Waals surface area (Å²) < 4.78 is 7.19. The lowest BCUT2D eigenvalue weighted by Gasteiger charge is -2.38. The second-order valence-corrected chi connectivity index (χ2v) is 8.27. The van der Waals surface area contributed by atoms with E-state index in [1.807, 2.05) is 41.3 Å². The van der Waals surface area contributed by atoms with Crippen LogP contribution in [0, 0.1) is 0 Å². The number of furan rings is 1. The van der Waals surface area contributed by atoms with Crippen LogP contribution in [0.25, 0.3) is 17.1 Å². The molecule has 32 heavy (non-hydrogen) atoms. The molecule has 0 aliphatic carbocycles. The zero-order valence-corrected chi connectivity index (χ0v) is 17.9. The molecule has 5 rings (SSSR count). The number of hydrogen-bond acceptors (Lipinski definition) is 5. The predicted molar refractivity (Wildman–Crippen MR) is 119 cm³/mol. The number of nitrogens with one attached hydrogen (secondary N) is 1. The highest BCUT2D eigenvalue weighted by atomic mass is 16.3. The van der Waals surface area contributed by atoms with Gasteiger partial charge in [0, 0.05) is 38.8 Å². The summed E-state index contributed by atoms with van der Waals surface area (Å²) in [6.07, 6.45) is 4.56. The Morgan fingerprint density at radius 1 is 1.03 bits per heavy atom. The molecule has 4 heterocycles. The summed E-state index contributed by atoms with van der Waals surface area (Å²) in [4.78, 5) is 30.0. The van der Waals surface area contributed by atoms with Crippen LogP contribution in [-0.2, 0) is 4.79 Å². The molecule has 2 fully saturated rings. The third-order valence-corrected chi connectivity index (χ3v) is 6.25. The van der Waals surface area contributed by atoms with Crippen molar-refractivity contribution >= 4 is 11.8 Å². The Kier molecular flexibility index (Phi) is 5.77. The maximum atomic E-state index is 13.5. The topological polar surface area (TPSA) is 83.6 Å². The summed E-state index contributed by atoms with van der Waals surface area (Å²) in [5, 5.41) is 7.67. The lowest BCUT2D eigenvalue weighted by atomic mass is 10.1. The number of benzene rings is 1. The van der Waals surface area contributed by atoms with E-state index >= 15 is 0 Å². The Morgan fingerprint density at radius 2 is 1.84 bits per heavy atom. The zero-order chi connectivity index (χ0) is 21.9. The zero-order valence-electron chi connectivity index (χ0n) is 17.9. The number of amides is 2. The van der Waals surface area contributed by atoms with Gasteiger partial charge >= 0.3 is 0 Å². The van der Waals surface area contributed by atoms with E-state index in [9.17, 15) is 9.59 Å². The van der Waals surface area contributed by atoms with Gasteiger partial charge in [-0.25, -0.2) is 4.68 Å². The van der Waals surface area contributed by atoms with Crippen molar-refractivity contribution in [1.82, 2.24) is 24.9 Å². The molecule has 2 aliphatic rings. The van der Waals surface area contributed by atoms with Crippen molar-refractivity contribution in [1.29, 1.82) is 0 Å². The number of aromatic nitrogens is 2. The first-order chi connectivity index (χ1) is 15.7. The van der Waals surface area contributed by atoms with Crippen LogP contribution < -0.4 is 5.32 Å². The van der Waals surface area contributed by atoms with Crippen LogP contribution in [0.3, 0.4) is 0 Å². The molecule has 1 N–H and O–H groups in total. The molecule has 3 aromatic rings. The fraction of sp³-hybridized carbons (Fsp3) is 0.375. The highest BCUT2D eigenvalue weighted by Crippen LogP contribution is 2.24. The number of nitrogens with zero attached hydrogens (tertiary/aromatic N) is 4. The van der Waals surface area contributed by atoms with Crippen LogP contribution in [0.15, 0.2) is 59.2 Å². The van der Waals surface area contributed by atoms with Gasteiger partial charge in [-0.05, 0) is 43.5 Å². The molecule has 2 amide bonds. The van der Waals surface area contributed by atoms with Crippen molar-refractivity contribution in [2.75, 3.05) is 32.7 Å². The summed E-state index contributed by atoms with van der Waals surface area (Å²) in [5.41, 5.74) is 1.95. The Labute approximate surface area is 186 Å². The van der Waals surface area contributed by atoms with Gasteiger partial charge in [-0.3, -0.25) is 14.5 Å². The third-order valence-electron chi connectivity index (χ3n) is 6.25. The van der Waals surface area contributed by atoms with Gasteiger partial charge in [-0.2, -0.15) is 5.10 Å². The van der Waals surface area contributed by atoms with E-state index in [1.165, 1.54) is 0 Å². The highest BCUT2D eigenvalue weighted by Gasteiger charge is 2.32. The van der Waals surface area contributed by atoms with Crippen LogP contribution in [0.2, 0.25) is 0 Å². The van der Waals surface area contributed by atoms with Crippen molar-refractivity contribution in [2.24, 2.45) is 0 Å². The lowest BCUT2D eigenvalue weighted by molar-refractivity contribution is -0.126. The van der Waals surface area contributed by atoms with E-state index in [4.69, 9.17) is 4.42 Å². The SMILES string of the molecule is O=C1NCCCCC1N1CCN(C(=O)c2cc(-c3ccco3)nn2-c2ccccc2)CC1. The van der Waals surface area contributed by atoms with E-state index in [-0.39, 0.29) is 17.9 Å². The van der Waals surface area contributed by atoms with Gasteiger partial charge in [-0.15, -0.1) is 0 Å². The van der Waals surface area contributed by atoms with Crippen LogP contribution >= 0.6 is 0 Å². The van der Waals surface area contributed by atoms with E-state index in [2.05, 4.69) is 15.3 Å². The molecule has 8 heteroatoms. The number of hydrogen-bond donors (Lipinski definition) is 1. The van der Waals surface area contributed by atoms with Gasteiger partial charge in [-0.1, -0.05) is 18.2 Å². The molecule has 2 aromatic heterocycles. The first kappa shape index (κ1) is 20.5. The summed E-state index contributed by atoms with van der Waals surface area (Å²) in [7, 11) is 0. The summed E-state index contributed by atoms with van der Waals surface area (Å²) >= 11 is 0. The van der Waals surface area contributed by atoms with Crippen molar-refractivity contribution in [3.8, 4) is 17.1 Å². The van der Waals surface area contributed by atoms with Gasteiger partial charge in [0.05, 0.1) is 18.0 Å². The second kappa shape index (κ2) is 9.00. The average molecular weight is 434 g/mol. The standard InChI is InChI=1S/C24H27N5O3/c30-23-20(9-4-5-11-25-23)27-12-14-28(15-13-27)24(31)21-17-19(22-10-6-16-32-22)26-29(21)18-7-2-1-3-8-18/h1-3,6-8,10,16-17,20H,4-5,9,11-15H2,(H,25,30). The number of piperazine rings is 1. The largest absolute Gasteiger partial charge is 0.463 e.